The van der Waals surface area contributed by atoms with E-state index >= 15 is 0 Å². The van der Waals surface area contributed by atoms with Crippen LogP contribution in [-0.4, -0.2) is 26.2 Å². The third-order valence-corrected chi connectivity index (χ3v) is 7.28. The SMILES string of the molecule is CSc1cc(Cl)nc(SCc2cccc(F)c2F)n1.Fc1cccc(CSc2nc(Cl)cc(Cl)n2)c1F. The Bertz CT molecular complexity index is 1370. The smallest absolute Gasteiger partial charge is 0.190 e. The van der Waals surface area contributed by atoms with E-state index in [4.69, 9.17) is 34.8 Å². The molecule has 14 heteroatoms. The summed E-state index contributed by atoms with van der Waals surface area (Å²) in [5.41, 5.74) is 0.513. The Hall–Kier alpha value is -1.76. The minimum atomic E-state index is -0.877. The van der Waals surface area contributed by atoms with Crippen molar-refractivity contribution >= 4 is 70.1 Å². The van der Waals surface area contributed by atoms with Gasteiger partial charge >= 0.3 is 0 Å². The van der Waals surface area contributed by atoms with Gasteiger partial charge in [0.2, 0.25) is 0 Å². The van der Waals surface area contributed by atoms with Crippen molar-refractivity contribution in [1.29, 1.82) is 0 Å². The fourth-order valence-corrected chi connectivity index (χ4v) is 5.54. The Kier molecular flexibility index (Phi) is 11.6. The Morgan fingerprint density at radius 3 is 1.54 bits per heavy atom. The predicted molar refractivity (Wildman–Crippen MR) is 143 cm³/mol. The maximum atomic E-state index is 13.5. The van der Waals surface area contributed by atoms with E-state index in [1.54, 1.807) is 6.07 Å². The van der Waals surface area contributed by atoms with Gasteiger partial charge in [-0.25, -0.2) is 37.5 Å². The van der Waals surface area contributed by atoms with Crippen molar-refractivity contribution in [3.63, 3.8) is 0 Å². The minimum Gasteiger partial charge on any atom is -0.216 e. The Morgan fingerprint density at radius 1 is 0.649 bits per heavy atom. The molecule has 4 aromatic rings. The van der Waals surface area contributed by atoms with Crippen molar-refractivity contribution in [2.24, 2.45) is 0 Å². The zero-order chi connectivity index (χ0) is 26.9. The second-order valence-corrected chi connectivity index (χ2v) is 10.7. The van der Waals surface area contributed by atoms with Crippen LogP contribution in [0.4, 0.5) is 17.6 Å². The summed E-state index contributed by atoms with van der Waals surface area (Å²) in [6.07, 6.45) is 1.87. The van der Waals surface area contributed by atoms with Gasteiger partial charge in [-0.15, -0.1) is 11.8 Å². The Labute approximate surface area is 238 Å². The Balaban J connectivity index is 0.000000206. The lowest BCUT2D eigenvalue weighted by Crippen LogP contribution is -1.94. The van der Waals surface area contributed by atoms with Gasteiger partial charge in [-0.3, -0.25) is 0 Å². The van der Waals surface area contributed by atoms with Gasteiger partial charge in [0.25, 0.3) is 0 Å². The summed E-state index contributed by atoms with van der Waals surface area (Å²) in [4.78, 5) is 16.1. The van der Waals surface area contributed by atoms with E-state index in [2.05, 4.69) is 19.9 Å². The maximum absolute atomic E-state index is 13.5. The summed E-state index contributed by atoms with van der Waals surface area (Å²) in [6, 6.07) is 11.2. The van der Waals surface area contributed by atoms with Gasteiger partial charge in [0, 0.05) is 34.8 Å². The molecule has 4 rings (SSSR count). The maximum Gasteiger partial charge on any atom is 0.190 e. The van der Waals surface area contributed by atoms with Crippen LogP contribution in [0.15, 0.2) is 63.9 Å². The van der Waals surface area contributed by atoms with Crippen molar-refractivity contribution in [3.8, 4) is 0 Å². The van der Waals surface area contributed by atoms with Crippen LogP contribution in [0, 0.1) is 23.3 Å². The first-order valence-electron chi connectivity index (χ1n) is 10.1. The number of hydrogen-bond acceptors (Lipinski definition) is 7. The van der Waals surface area contributed by atoms with Crippen LogP contribution in [0.1, 0.15) is 11.1 Å². The molecule has 194 valence electrons. The molecule has 37 heavy (non-hydrogen) atoms. The zero-order valence-corrected chi connectivity index (χ0v) is 23.4. The largest absolute Gasteiger partial charge is 0.216 e. The summed E-state index contributed by atoms with van der Waals surface area (Å²) < 4.78 is 52.9. The third-order valence-electron chi connectivity index (χ3n) is 4.28. The quantitative estimate of drug-likeness (QED) is 0.0881. The minimum absolute atomic E-state index is 0.195. The average Bonchev–Trinajstić information content (AvgIpc) is 2.85. The van der Waals surface area contributed by atoms with Crippen LogP contribution in [0.3, 0.4) is 0 Å². The van der Waals surface area contributed by atoms with Crippen LogP contribution < -0.4 is 0 Å². The molecule has 2 aromatic heterocycles. The van der Waals surface area contributed by atoms with E-state index < -0.39 is 23.3 Å². The first kappa shape index (κ1) is 29.8. The van der Waals surface area contributed by atoms with E-state index in [0.717, 1.165) is 28.9 Å². The fourth-order valence-electron chi connectivity index (χ4n) is 2.59. The second kappa shape index (κ2) is 14.4. The van der Waals surface area contributed by atoms with Gasteiger partial charge in [0.15, 0.2) is 33.6 Å². The van der Waals surface area contributed by atoms with Crippen LogP contribution in [-0.2, 0) is 11.5 Å². The van der Waals surface area contributed by atoms with Crippen LogP contribution >= 0.6 is 70.1 Å². The molecular formula is C23H15Cl3F4N4S3. The number of nitrogens with zero attached hydrogens (tertiary/aromatic N) is 4. The number of hydrogen-bond donors (Lipinski definition) is 0. The van der Waals surface area contributed by atoms with E-state index in [9.17, 15) is 17.6 Å². The van der Waals surface area contributed by atoms with Crippen molar-refractivity contribution in [3.05, 3.63) is 98.4 Å². The highest BCUT2D eigenvalue weighted by atomic mass is 35.5. The van der Waals surface area contributed by atoms with Crippen LogP contribution in [0.25, 0.3) is 0 Å². The molecule has 0 unspecified atom stereocenters. The average molecular weight is 626 g/mol. The first-order valence-corrected chi connectivity index (χ1v) is 14.4. The number of aromatic nitrogens is 4. The molecule has 2 aromatic carbocycles. The number of thioether (sulfide) groups is 3. The van der Waals surface area contributed by atoms with Gasteiger partial charge in [-0.05, 0) is 18.4 Å². The van der Waals surface area contributed by atoms with Crippen molar-refractivity contribution in [1.82, 2.24) is 19.9 Å². The van der Waals surface area contributed by atoms with Gasteiger partial charge in [-0.2, -0.15) is 0 Å². The molecule has 0 radical (unpaired) electrons. The summed E-state index contributed by atoms with van der Waals surface area (Å²) in [7, 11) is 0. The molecule has 0 aliphatic rings. The van der Waals surface area contributed by atoms with E-state index in [-0.39, 0.29) is 32.9 Å². The van der Waals surface area contributed by atoms with Crippen molar-refractivity contribution < 1.29 is 17.6 Å². The molecular weight excluding hydrogens is 611 g/mol. The van der Waals surface area contributed by atoms with E-state index in [0.29, 0.717) is 15.5 Å². The standard InChI is InChI=1S/C12H9ClF2N2S2.C11H6Cl2F2N2S/c1-18-10-5-9(13)16-12(17-10)19-6-7-3-2-4-8(14)11(7)15;12-8-4-9(13)17-11(16-8)18-5-6-2-1-3-7(14)10(6)15/h2-5H,6H2,1H3;1-4H,5H2. The van der Waals surface area contributed by atoms with Crippen molar-refractivity contribution in [2.45, 2.75) is 26.8 Å². The topological polar surface area (TPSA) is 51.6 Å². The molecule has 2 heterocycles. The molecule has 0 spiro atoms. The Morgan fingerprint density at radius 2 is 1.08 bits per heavy atom. The monoisotopic (exact) mass is 624 g/mol. The van der Waals surface area contributed by atoms with Crippen LogP contribution in [0.2, 0.25) is 15.5 Å². The summed E-state index contributed by atoms with van der Waals surface area (Å²) in [5.74, 6) is -2.98. The fraction of sp³-hybridized carbons (Fsp3) is 0.130. The number of halogens is 7. The van der Waals surface area contributed by atoms with Gasteiger partial charge < -0.3 is 0 Å². The molecule has 0 aliphatic heterocycles. The van der Waals surface area contributed by atoms with Gasteiger partial charge in [0.05, 0.1) is 0 Å². The molecule has 0 saturated carbocycles. The summed E-state index contributed by atoms with van der Waals surface area (Å²) in [5, 5.41) is 2.25. The number of rotatable bonds is 7. The molecule has 4 nitrogen and oxygen atoms in total. The lowest BCUT2D eigenvalue weighted by Gasteiger charge is -2.04. The lowest BCUT2D eigenvalue weighted by molar-refractivity contribution is 0.502. The molecule has 0 bridgehead atoms. The molecule has 0 saturated heterocycles. The predicted octanol–water partition coefficient (Wildman–Crippen LogP) is 8.78. The normalized spacial score (nSPS) is 10.7. The van der Waals surface area contributed by atoms with Crippen LogP contribution in [0.5, 0.6) is 0 Å². The van der Waals surface area contributed by atoms with Crippen molar-refractivity contribution in [2.75, 3.05) is 6.26 Å². The highest BCUT2D eigenvalue weighted by Crippen LogP contribution is 2.26. The van der Waals surface area contributed by atoms with E-state index in [1.165, 1.54) is 53.9 Å². The number of benzene rings is 2. The zero-order valence-electron chi connectivity index (χ0n) is 18.7. The van der Waals surface area contributed by atoms with E-state index in [1.807, 2.05) is 6.26 Å². The second-order valence-electron chi connectivity index (χ2n) is 6.81. The summed E-state index contributed by atoms with van der Waals surface area (Å²) >= 11 is 21.0. The molecule has 0 aliphatic carbocycles. The molecule has 0 N–H and O–H groups in total. The van der Waals surface area contributed by atoms with Gasteiger partial charge in [0.1, 0.15) is 20.5 Å². The molecule has 0 atom stereocenters. The third kappa shape index (κ3) is 9.19. The highest BCUT2D eigenvalue weighted by Gasteiger charge is 2.11. The first-order chi connectivity index (χ1) is 17.7. The molecule has 0 amide bonds. The highest BCUT2D eigenvalue weighted by molar-refractivity contribution is 7.99. The summed E-state index contributed by atoms with van der Waals surface area (Å²) in [6.45, 7) is 0. The van der Waals surface area contributed by atoms with Gasteiger partial charge in [-0.1, -0.05) is 82.6 Å². The lowest BCUT2D eigenvalue weighted by atomic mass is 10.2. The molecule has 0 fully saturated rings.